The Morgan fingerprint density at radius 3 is 2.71 bits per heavy atom. The van der Waals surface area contributed by atoms with Crippen LogP contribution in [-0.2, 0) is 10.0 Å². The van der Waals surface area contributed by atoms with Gasteiger partial charge in [-0.2, -0.15) is 5.10 Å². The van der Waals surface area contributed by atoms with Crippen molar-refractivity contribution in [2.45, 2.75) is 11.8 Å². The van der Waals surface area contributed by atoms with Crippen molar-refractivity contribution < 1.29 is 8.42 Å². The normalized spacial score (nSPS) is 12.1. The second kappa shape index (κ2) is 5.08. The Labute approximate surface area is 137 Å². The third-order valence-corrected chi connectivity index (χ3v) is 4.87. The molecular weight excluding hydrogens is 326 g/mol. The van der Waals surface area contributed by atoms with Crippen molar-refractivity contribution in [2.24, 2.45) is 5.14 Å². The molecule has 8 heteroatoms. The minimum Gasteiger partial charge on any atom is -0.256 e. The molecule has 0 radical (unpaired) electrons. The third kappa shape index (κ3) is 2.24. The number of nitrogens with two attached hydrogens (primary N) is 1. The molecule has 0 fully saturated rings. The lowest BCUT2D eigenvalue weighted by Crippen LogP contribution is -2.13. The molecule has 0 saturated heterocycles. The summed E-state index contributed by atoms with van der Waals surface area (Å²) >= 11 is 0. The van der Waals surface area contributed by atoms with E-state index in [2.05, 4.69) is 15.1 Å². The van der Waals surface area contributed by atoms with E-state index in [1.54, 1.807) is 25.5 Å². The lowest BCUT2D eigenvalue weighted by molar-refractivity contribution is 0.598. The van der Waals surface area contributed by atoms with Crippen molar-refractivity contribution in [1.82, 2.24) is 19.6 Å². The quantitative estimate of drug-likeness (QED) is 0.601. The number of rotatable bonds is 2. The third-order valence-electron chi connectivity index (χ3n) is 3.82. The van der Waals surface area contributed by atoms with Crippen LogP contribution in [0.5, 0.6) is 0 Å². The van der Waals surface area contributed by atoms with Gasteiger partial charge < -0.3 is 0 Å². The van der Waals surface area contributed by atoms with Crippen LogP contribution in [0.3, 0.4) is 0 Å². The fraction of sp³-hybridized carbons (Fsp3) is 0.0625. The molecule has 0 aliphatic heterocycles. The second-order valence-electron chi connectivity index (χ2n) is 5.45. The number of aromatic nitrogens is 4. The van der Waals surface area contributed by atoms with Crippen molar-refractivity contribution in [3.8, 4) is 11.1 Å². The number of nitrogens with zero attached hydrogens (tertiary/aromatic N) is 4. The average molecular weight is 339 g/mol. The summed E-state index contributed by atoms with van der Waals surface area (Å²) in [5.74, 6) is 0. The first-order valence-corrected chi connectivity index (χ1v) is 8.72. The Kier molecular flexibility index (Phi) is 3.12. The van der Waals surface area contributed by atoms with E-state index in [4.69, 9.17) is 5.14 Å². The van der Waals surface area contributed by atoms with Gasteiger partial charge in [-0.15, -0.1) is 0 Å². The summed E-state index contributed by atoms with van der Waals surface area (Å²) in [4.78, 5) is 8.64. The van der Waals surface area contributed by atoms with Gasteiger partial charge in [-0.05, 0) is 13.0 Å². The van der Waals surface area contributed by atoms with Gasteiger partial charge in [0.15, 0.2) is 5.65 Å². The largest absolute Gasteiger partial charge is 0.256 e. The highest BCUT2D eigenvalue weighted by Gasteiger charge is 2.21. The van der Waals surface area contributed by atoms with E-state index in [9.17, 15) is 8.42 Å². The molecular formula is C16H13N5O2S. The zero-order valence-corrected chi connectivity index (χ0v) is 13.5. The molecule has 0 bridgehead atoms. The van der Waals surface area contributed by atoms with Gasteiger partial charge in [0.2, 0.25) is 10.0 Å². The van der Waals surface area contributed by atoms with E-state index in [1.807, 2.05) is 30.3 Å². The Morgan fingerprint density at radius 1 is 1.12 bits per heavy atom. The summed E-state index contributed by atoms with van der Waals surface area (Å²) in [6, 6.07) is 9.72. The first-order valence-electron chi connectivity index (χ1n) is 7.17. The standard InChI is InChI=1S/C16H13N5O2S/c1-10-15(24(17,22)23)16-19-8-12(9-21(16)20-10)13-6-2-4-11-5-3-7-18-14(11)13/h2-9H,1H3,(H2,17,22,23). The lowest BCUT2D eigenvalue weighted by Gasteiger charge is -2.06. The second-order valence-corrected chi connectivity index (χ2v) is 6.95. The van der Waals surface area contributed by atoms with Gasteiger partial charge in [-0.1, -0.05) is 24.3 Å². The SMILES string of the molecule is Cc1nn2cc(-c3cccc4cccnc34)cnc2c1S(N)(=O)=O. The lowest BCUT2D eigenvalue weighted by atomic mass is 10.1. The molecule has 24 heavy (non-hydrogen) atoms. The molecule has 120 valence electrons. The summed E-state index contributed by atoms with van der Waals surface area (Å²) in [5.41, 5.74) is 3.06. The van der Waals surface area contributed by atoms with Crippen molar-refractivity contribution in [2.75, 3.05) is 0 Å². The van der Waals surface area contributed by atoms with Gasteiger partial charge in [0.05, 0.1) is 11.2 Å². The maximum Gasteiger partial charge on any atom is 0.243 e. The first kappa shape index (κ1) is 14.7. The minimum absolute atomic E-state index is 0.0508. The number of primary sulfonamides is 1. The summed E-state index contributed by atoms with van der Waals surface area (Å²) < 4.78 is 24.9. The van der Waals surface area contributed by atoms with Crippen molar-refractivity contribution in [1.29, 1.82) is 0 Å². The Hall–Kier alpha value is -2.84. The van der Waals surface area contributed by atoms with Gasteiger partial charge in [0.1, 0.15) is 4.90 Å². The van der Waals surface area contributed by atoms with E-state index in [-0.39, 0.29) is 10.5 Å². The highest BCUT2D eigenvalue weighted by atomic mass is 32.2. The van der Waals surface area contributed by atoms with Gasteiger partial charge in [-0.3, -0.25) is 4.98 Å². The molecule has 4 aromatic rings. The molecule has 0 atom stereocenters. The van der Waals surface area contributed by atoms with Crippen molar-refractivity contribution in [3.05, 3.63) is 54.6 Å². The van der Waals surface area contributed by atoms with Crippen LogP contribution in [0.1, 0.15) is 5.69 Å². The molecule has 0 amide bonds. The molecule has 3 aromatic heterocycles. The van der Waals surface area contributed by atoms with Gasteiger partial charge in [0, 0.05) is 35.1 Å². The number of sulfonamides is 1. The van der Waals surface area contributed by atoms with Crippen LogP contribution in [0, 0.1) is 6.92 Å². The first-order chi connectivity index (χ1) is 11.4. The van der Waals surface area contributed by atoms with Gasteiger partial charge in [-0.25, -0.2) is 23.1 Å². The number of pyridine rings is 1. The van der Waals surface area contributed by atoms with Crippen molar-refractivity contribution in [3.63, 3.8) is 0 Å². The number of para-hydroxylation sites is 1. The zero-order chi connectivity index (χ0) is 16.9. The number of aryl methyl sites for hydroxylation is 1. The summed E-state index contributed by atoms with van der Waals surface area (Å²) in [7, 11) is -3.89. The molecule has 4 rings (SSSR count). The van der Waals surface area contributed by atoms with E-state index >= 15 is 0 Å². The summed E-state index contributed by atoms with van der Waals surface area (Å²) in [6.45, 7) is 1.59. The summed E-state index contributed by atoms with van der Waals surface area (Å²) in [5, 5.41) is 10.5. The maximum atomic E-state index is 11.7. The van der Waals surface area contributed by atoms with E-state index in [0.717, 1.165) is 22.0 Å². The molecule has 3 heterocycles. The predicted molar refractivity (Wildman–Crippen MR) is 89.8 cm³/mol. The minimum atomic E-state index is -3.89. The maximum absolute atomic E-state index is 11.7. The number of benzene rings is 1. The van der Waals surface area contributed by atoms with Crippen LogP contribution in [0.15, 0.2) is 53.8 Å². The van der Waals surface area contributed by atoms with Crippen molar-refractivity contribution >= 4 is 26.6 Å². The fourth-order valence-corrected chi connectivity index (χ4v) is 3.69. The molecule has 1 aromatic carbocycles. The smallest absolute Gasteiger partial charge is 0.243 e. The number of hydrogen-bond donors (Lipinski definition) is 1. The van der Waals surface area contributed by atoms with Gasteiger partial charge >= 0.3 is 0 Å². The monoisotopic (exact) mass is 339 g/mol. The fourth-order valence-electron chi connectivity index (χ4n) is 2.83. The molecule has 0 saturated carbocycles. The molecule has 0 aliphatic rings. The topological polar surface area (TPSA) is 103 Å². The molecule has 7 nitrogen and oxygen atoms in total. The van der Waals surface area contributed by atoms with Crippen LogP contribution in [0.4, 0.5) is 0 Å². The van der Waals surface area contributed by atoms with Gasteiger partial charge in [0.25, 0.3) is 0 Å². The molecule has 0 unspecified atom stereocenters. The van der Waals surface area contributed by atoms with Crippen LogP contribution in [-0.4, -0.2) is 28.0 Å². The van der Waals surface area contributed by atoms with E-state index in [1.165, 1.54) is 4.52 Å². The Bertz CT molecular complexity index is 1190. The van der Waals surface area contributed by atoms with Crippen LogP contribution in [0.2, 0.25) is 0 Å². The highest BCUT2D eigenvalue weighted by Crippen LogP contribution is 2.27. The Balaban J connectivity index is 1.99. The van der Waals surface area contributed by atoms with E-state index in [0.29, 0.717) is 5.69 Å². The predicted octanol–water partition coefficient (Wildman–Crippen LogP) is 1.90. The number of hydrogen-bond acceptors (Lipinski definition) is 5. The molecule has 0 spiro atoms. The Morgan fingerprint density at radius 2 is 1.92 bits per heavy atom. The average Bonchev–Trinajstić information content (AvgIpc) is 2.89. The number of fused-ring (bicyclic) bond motifs is 2. The van der Waals surface area contributed by atoms with Crippen LogP contribution < -0.4 is 5.14 Å². The van der Waals surface area contributed by atoms with Crippen LogP contribution >= 0.6 is 0 Å². The highest BCUT2D eigenvalue weighted by molar-refractivity contribution is 7.89. The van der Waals surface area contributed by atoms with Crippen LogP contribution in [0.25, 0.3) is 27.7 Å². The zero-order valence-electron chi connectivity index (χ0n) is 12.7. The van der Waals surface area contributed by atoms with E-state index < -0.39 is 10.0 Å². The molecule has 2 N–H and O–H groups in total. The molecule has 0 aliphatic carbocycles. The summed E-state index contributed by atoms with van der Waals surface area (Å²) in [6.07, 6.45) is 5.07.